The number of hydrogen-bond donors (Lipinski definition) is 2. The second-order valence-electron chi connectivity index (χ2n) is 6.71. The van der Waals surface area contributed by atoms with Crippen LogP contribution in [0.4, 0.5) is 0 Å². The van der Waals surface area contributed by atoms with Gasteiger partial charge in [0.1, 0.15) is 0 Å². The molecule has 0 unspecified atom stereocenters. The predicted octanol–water partition coefficient (Wildman–Crippen LogP) is 2.16. The zero-order valence-corrected chi connectivity index (χ0v) is 16.0. The van der Waals surface area contributed by atoms with E-state index in [0.717, 1.165) is 57.8 Å². The average molecular weight is 361 g/mol. The number of hydrogen-bond acceptors (Lipinski definition) is 4. The van der Waals surface area contributed by atoms with Gasteiger partial charge < -0.3 is 15.4 Å². The quantitative estimate of drug-likeness (QED) is 0.322. The number of rotatable bonds is 8. The normalized spacial score (nSPS) is 16.3. The van der Waals surface area contributed by atoms with Gasteiger partial charge in [-0.05, 0) is 31.2 Å². The number of likely N-dealkylation sites (tertiary alicyclic amines) is 1. The molecule has 1 saturated heterocycles. The van der Waals surface area contributed by atoms with Gasteiger partial charge in [0.05, 0.1) is 7.11 Å². The molecule has 0 bridgehead atoms. The van der Waals surface area contributed by atoms with Crippen molar-refractivity contribution >= 4 is 11.9 Å². The number of unbranched alkanes of at least 4 members (excludes halogenated alkanes) is 1. The molecule has 1 aromatic rings. The Bertz CT molecular complexity index is 554. The molecule has 0 saturated carbocycles. The summed E-state index contributed by atoms with van der Waals surface area (Å²) >= 11 is 0. The number of esters is 1. The maximum atomic E-state index is 11.1. The minimum absolute atomic E-state index is 0.144. The number of carbonyl (C=O) groups is 1. The first-order valence-electron chi connectivity index (χ1n) is 9.51. The van der Waals surface area contributed by atoms with Crippen molar-refractivity contribution < 1.29 is 9.53 Å². The van der Waals surface area contributed by atoms with Crippen LogP contribution in [0.5, 0.6) is 0 Å². The number of aliphatic imine (C=N–C) groups is 1. The van der Waals surface area contributed by atoms with Crippen molar-refractivity contribution in [2.75, 3.05) is 33.8 Å². The molecule has 26 heavy (non-hydrogen) atoms. The van der Waals surface area contributed by atoms with Gasteiger partial charge in [-0.1, -0.05) is 30.3 Å². The molecule has 1 aromatic carbocycles. The first-order valence-corrected chi connectivity index (χ1v) is 9.51. The van der Waals surface area contributed by atoms with Crippen LogP contribution in [0.25, 0.3) is 0 Å². The van der Waals surface area contributed by atoms with Crippen LogP contribution >= 0.6 is 0 Å². The number of benzene rings is 1. The third-order valence-electron chi connectivity index (χ3n) is 4.73. The van der Waals surface area contributed by atoms with Gasteiger partial charge in [-0.2, -0.15) is 0 Å². The lowest BCUT2D eigenvalue weighted by atomic mass is 10.0. The van der Waals surface area contributed by atoms with E-state index >= 15 is 0 Å². The molecule has 0 amide bonds. The highest BCUT2D eigenvalue weighted by Crippen LogP contribution is 2.13. The van der Waals surface area contributed by atoms with E-state index in [9.17, 15) is 4.79 Å². The first-order chi connectivity index (χ1) is 12.7. The molecule has 0 radical (unpaired) electrons. The van der Waals surface area contributed by atoms with Gasteiger partial charge in [0.15, 0.2) is 5.96 Å². The van der Waals surface area contributed by atoms with Gasteiger partial charge in [0.2, 0.25) is 0 Å². The lowest BCUT2D eigenvalue weighted by molar-refractivity contribution is -0.140. The van der Waals surface area contributed by atoms with Crippen LogP contribution in [0.15, 0.2) is 35.3 Å². The van der Waals surface area contributed by atoms with E-state index in [-0.39, 0.29) is 5.97 Å². The Hall–Kier alpha value is -2.08. The lowest BCUT2D eigenvalue weighted by Gasteiger charge is -2.33. The molecule has 1 aliphatic heterocycles. The van der Waals surface area contributed by atoms with Gasteiger partial charge in [0, 0.05) is 45.7 Å². The number of ether oxygens (including phenoxy) is 1. The number of carbonyl (C=O) groups excluding carboxylic acids is 1. The second-order valence-corrected chi connectivity index (χ2v) is 6.71. The van der Waals surface area contributed by atoms with E-state index in [0.29, 0.717) is 12.5 Å². The highest BCUT2D eigenvalue weighted by atomic mass is 16.5. The molecule has 6 nitrogen and oxygen atoms in total. The number of nitrogens with zero attached hydrogens (tertiary/aromatic N) is 2. The molecule has 2 rings (SSSR count). The molecule has 0 aromatic heterocycles. The fraction of sp³-hybridized carbons (Fsp3) is 0.600. The molecule has 0 aliphatic carbocycles. The van der Waals surface area contributed by atoms with Gasteiger partial charge in [0.25, 0.3) is 0 Å². The minimum atomic E-state index is -0.144. The third kappa shape index (κ3) is 7.44. The maximum absolute atomic E-state index is 11.1. The molecule has 1 fully saturated rings. The van der Waals surface area contributed by atoms with Crippen LogP contribution < -0.4 is 10.6 Å². The van der Waals surface area contributed by atoms with E-state index in [1.54, 1.807) is 7.05 Å². The first kappa shape index (κ1) is 20.2. The van der Waals surface area contributed by atoms with E-state index in [4.69, 9.17) is 0 Å². The fourth-order valence-corrected chi connectivity index (χ4v) is 3.17. The average Bonchev–Trinajstić information content (AvgIpc) is 2.68. The summed E-state index contributed by atoms with van der Waals surface area (Å²) in [6.45, 7) is 4.04. The summed E-state index contributed by atoms with van der Waals surface area (Å²) in [5.41, 5.74) is 1.38. The summed E-state index contributed by atoms with van der Waals surface area (Å²) in [5.74, 6) is 0.708. The summed E-state index contributed by atoms with van der Waals surface area (Å²) in [6.07, 6.45) is 4.47. The largest absolute Gasteiger partial charge is 0.469 e. The third-order valence-corrected chi connectivity index (χ3v) is 4.73. The summed E-state index contributed by atoms with van der Waals surface area (Å²) in [6, 6.07) is 11.1. The Labute approximate surface area is 157 Å². The molecule has 2 N–H and O–H groups in total. The number of nitrogens with one attached hydrogen (secondary N) is 2. The van der Waals surface area contributed by atoms with Crippen molar-refractivity contribution in [2.45, 2.75) is 44.7 Å². The van der Waals surface area contributed by atoms with Gasteiger partial charge >= 0.3 is 5.97 Å². The van der Waals surface area contributed by atoms with Gasteiger partial charge in [-0.15, -0.1) is 0 Å². The monoisotopic (exact) mass is 360 g/mol. The van der Waals surface area contributed by atoms with Crippen LogP contribution in [0.2, 0.25) is 0 Å². The zero-order chi connectivity index (χ0) is 18.6. The van der Waals surface area contributed by atoms with Crippen molar-refractivity contribution in [1.82, 2.24) is 15.5 Å². The van der Waals surface area contributed by atoms with E-state index < -0.39 is 0 Å². The van der Waals surface area contributed by atoms with Gasteiger partial charge in [-0.25, -0.2) is 0 Å². The molecule has 0 atom stereocenters. The van der Waals surface area contributed by atoms with Crippen molar-refractivity contribution in [3.63, 3.8) is 0 Å². The highest BCUT2D eigenvalue weighted by molar-refractivity contribution is 5.79. The van der Waals surface area contributed by atoms with E-state index in [1.807, 2.05) is 0 Å². The Morgan fingerprint density at radius 2 is 1.96 bits per heavy atom. The van der Waals surface area contributed by atoms with Crippen molar-refractivity contribution in [3.8, 4) is 0 Å². The van der Waals surface area contributed by atoms with Crippen molar-refractivity contribution in [1.29, 1.82) is 0 Å². The standard InChI is InChI=1S/C20H32N4O2/c1-21-20(22-13-7-6-10-19(25)26-2)23-18-11-14-24(15-12-18)16-17-8-4-3-5-9-17/h3-5,8-9,18H,6-7,10-16H2,1-2H3,(H2,21,22,23). The zero-order valence-electron chi connectivity index (χ0n) is 16.0. The molecule has 0 spiro atoms. The van der Waals surface area contributed by atoms with Crippen LogP contribution in [0.1, 0.15) is 37.7 Å². The lowest BCUT2D eigenvalue weighted by Crippen LogP contribution is -2.48. The van der Waals surface area contributed by atoms with Crippen LogP contribution in [-0.2, 0) is 16.1 Å². The fourth-order valence-electron chi connectivity index (χ4n) is 3.17. The van der Waals surface area contributed by atoms with Crippen LogP contribution in [0.3, 0.4) is 0 Å². The Morgan fingerprint density at radius 3 is 2.62 bits per heavy atom. The maximum Gasteiger partial charge on any atom is 0.305 e. The molecule has 1 aliphatic rings. The Kier molecular flexibility index (Phi) is 8.96. The Morgan fingerprint density at radius 1 is 1.23 bits per heavy atom. The second kappa shape index (κ2) is 11.5. The van der Waals surface area contributed by atoms with Gasteiger partial charge in [-0.3, -0.25) is 14.7 Å². The number of piperidine rings is 1. The van der Waals surface area contributed by atoms with E-state index in [2.05, 4.69) is 55.6 Å². The van der Waals surface area contributed by atoms with Crippen molar-refractivity contribution in [3.05, 3.63) is 35.9 Å². The summed E-state index contributed by atoms with van der Waals surface area (Å²) < 4.78 is 4.65. The van der Waals surface area contributed by atoms with Crippen LogP contribution in [0, 0.1) is 0 Å². The number of guanidine groups is 1. The minimum Gasteiger partial charge on any atom is -0.469 e. The smallest absolute Gasteiger partial charge is 0.305 e. The molecular formula is C20H32N4O2. The summed E-state index contributed by atoms with van der Waals surface area (Å²) in [4.78, 5) is 17.9. The molecule has 6 heteroatoms. The number of methoxy groups -OCH3 is 1. The molecule has 1 heterocycles. The summed E-state index contributed by atoms with van der Waals surface area (Å²) in [5, 5.41) is 6.85. The van der Waals surface area contributed by atoms with E-state index in [1.165, 1.54) is 12.7 Å². The molecular weight excluding hydrogens is 328 g/mol. The predicted molar refractivity (Wildman–Crippen MR) is 105 cm³/mol. The van der Waals surface area contributed by atoms with Crippen LogP contribution in [-0.4, -0.2) is 56.7 Å². The van der Waals surface area contributed by atoms with Crippen molar-refractivity contribution in [2.24, 2.45) is 4.99 Å². The SMILES string of the molecule is CN=C(NCCCCC(=O)OC)NC1CCN(Cc2ccccc2)CC1. The molecule has 144 valence electrons. The topological polar surface area (TPSA) is 66.0 Å². The summed E-state index contributed by atoms with van der Waals surface area (Å²) in [7, 11) is 3.23. The highest BCUT2D eigenvalue weighted by Gasteiger charge is 2.19. The Balaban J connectivity index is 1.61.